The summed E-state index contributed by atoms with van der Waals surface area (Å²) in [5.74, 6) is 2.23. The van der Waals surface area contributed by atoms with Crippen molar-refractivity contribution in [2.45, 2.75) is 49.7 Å². The maximum absolute atomic E-state index is 11.8. The van der Waals surface area contributed by atoms with E-state index in [1.807, 2.05) is 24.3 Å². The number of hydrogen-bond donors (Lipinski definition) is 3. The SMILES string of the molecule is CNC(=O)CN1CCC(c2cc(OC)c(Nc3nc(Nc4ccccc4SC(C)C)n4nccc4n3)cc2C)CC1. The number of piperidine rings is 1. The van der Waals surface area contributed by atoms with Gasteiger partial charge in [0, 0.05) is 23.3 Å². The van der Waals surface area contributed by atoms with E-state index in [0.29, 0.717) is 35.3 Å². The molecule has 5 rings (SSSR count). The number of likely N-dealkylation sites (tertiary alicyclic amines) is 1. The molecule has 3 N–H and O–H groups in total. The Morgan fingerprint density at radius 3 is 2.61 bits per heavy atom. The van der Waals surface area contributed by atoms with Gasteiger partial charge in [0.15, 0.2) is 5.65 Å². The number of rotatable bonds is 10. The molecule has 0 saturated carbocycles. The molecule has 2 aromatic carbocycles. The minimum Gasteiger partial charge on any atom is -0.495 e. The van der Waals surface area contributed by atoms with Gasteiger partial charge in [-0.3, -0.25) is 9.69 Å². The Kier molecular flexibility index (Phi) is 8.94. The van der Waals surface area contributed by atoms with Crippen LogP contribution in [0.5, 0.6) is 5.75 Å². The number of nitrogens with one attached hydrogen (secondary N) is 3. The van der Waals surface area contributed by atoms with Crippen molar-refractivity contribution in [1.29, 1.82) is 0 Å². The lowest BCUT2D eigenvalue weighted by Gasteiger charge is -2.32. The molecule has 2 aromatic heterocycles. The second kappa shape index (κ2) is 12.8. The molecule has 0 atom stereocenters. The molecule has 0 aliphatic carbocycles. The smallest absolute Gasteiger partial charge is 0.233 e. The Balaban J connectivity index is 1.38. The summed E-state index contributed by atoms with van der Waals surface area (Å²) >= 11 is 1.79. The number of benzene rings is 2. The summed E-state index contributed by atoms with van der Waals surface area (Å²) in [6.07, 6.45) is 3.72. The second-order valence-electron chi connectivity index (χ2n) is 10.5. The summed E-state index contributed by atoms with van der Waals surface area (Å²) < 4.78 is 7.52. The Bertz CT molecular complexity index is 1510. The van der Waals surface area contributed by atoms with Gasteiger partial charge in [-0.05, 0) is 74.2 Å². The number of anilines is 4. The number of carbonyl (C=O) groups excluding carboxylic acids is 1. The van der Waals surface area contributed by atoms with E-state index in [1.165, 1.54) is 11.1 Å². The predicted molar refractivity (Wildman–Crippen MR) is 165 cm³/mol. The first-order chi connectivity index (χ1) is 19.8. The van der Waals surface area contributed by atoms with Crippen LogP contribution < -0.4 is 20.7 Å². The van der Waals surface area contributed by atoms with Crippen LogP contribution in [0.4, 0.5) is 23.3 Å². The van der Waals surface area contributed by atoms with E-state index in [4.69, 9.17) is 14.7 Å². The molecule has 1 aliphatic rings. The highest BCUT2D eigenvalue weighted by atomic mass is 32.2. The molecule has 0 radical (unpaired) electrons. The fraction of sp³-hybridized carbons (Fsp3) is 0.400. The van der Waals surface area contributed by atoms with Crippen LogP contribution in [0.25, 0.3) is 5.65 Å². The molecule has 0 bridgehead atoms. The van der Waals surface area contributed by atoms with Crippen molar-refractivity contribution in [3.05, 3.63) is 59.8 Å². The van der Waals surface area contributed by atoms with Crippen LogP contribution in [0.2, 0.25) is 0 Å². The third kappa shape index (κ3) is 6.74. The zero-order valence-electron chi connectivity index (χ0n) is 24.3. The van der Waals surface area contributed by atoms with E-state index >= 15 is 0 Å². The molecular weight excluding hydrogens is 536 g/mol. The summed E-state index contributed by atoms with van der Waals surface area (Å²) in [6, 6.07) is 14.3. The molecular formula is C30H38N8O2S. The number of thioether (sulfide) groups is 1. The van der Waals surface area contributed by atoms with E-state index in [1.54, 1.807) is 36.6 Å². The van der Waals surface area contributed by atoms with Crippen molar-refractivity contribution in [2.24, 2.45) is 0 Å². The molecule has 1 saturated heterocycles. The number of aromatic nitrogens is 4. The van der Waals surface area contributed by atoms with E-state index in [-0.39, 0.29) is 5.91 Å². The lowest BCUT2D eigenvalue weighted by molar-refractivity contribution is -0.122. The second-order valence-corrected chi connectivity index (χ2v) is 12.1. The molecule has 4 aromatic rings. The van der Waals surface area contributed by atoms with E-state index in [2.05, 4.69) is 64.9 Å². The first-order valence-electron chi connectivity index (χ1n) is 14.0. The largest absolute Gasteiger partial charge is 0.495 e. The lowest BCUT2D eigenvalue weighted by Crippen LogP contribution is -2.40. The molecule has 1 amide bonds. The maximum atomic E-state index is 11.8. The topological polar surface area (TPSA) is 109 Å². The van der Waals surface area contributed by atoms with Crippen LogP contribution in [0.15, 0.2) is 53.6 Å². The molecule has 10 nitrogen and oxygen atoms in total. The highest BCUT2D eigenvalue weighted by molar-refractivity contribution is 8.00. The minimum absolute atomic E-state index is 0.0603. The van der Waals surface area contributed by atoms with Crippen molar-refractivity contribution in [3.63, 3.8) is 0 Å². The summed E-state index contributed by atoms with van der Waals surface area (Å²) in [6.45, 7) is 8.73. The number of hydrogen-bond acceptors (Lipinski definition) is 9. The van der Waals surface area contributed by atoms with Gasteiger partial charge >= 0.3 is 0 Å². The Morgan fingerprint density at radius 2 is 1.88 bits per heavy atom. The monoisotopic (exact) mass is 574 g/mol. The molecule has 41 heavy (non-hydrogen) atoms. The maximum Gasteiger partial charge on any atom is 0.233 e. The van der Waals surface area contributed by atoms with Gasteiger partial charge in [0.2, 0.25) is 17.8 Å². The molecule has 216 valence electrons. The van der Waals surface area contributed by atoms with Gasteiger partial charge < -0.3 is 20.7 Å². The van der Waals surface area contributed by atoms with Gasteiger partial charge in [-0.2, -0.15) is 19.6 Å². The number of aryl methyl sites for hydroxylation is 1. The number of nitrogens with zero attached hydrogens (tertiary/aromatic N) is 5. The summed E-state index contributed by atoms with van der Waals surface area (Å²) in [7, 11) is 3.37. The third-order valence-corrected chi connectivity index (χ3v) is 8.34. The van der Waals surface area contributed by atoms with Crippen LogP contribution >= 0.6 is 11.8 Å². The zero-order chi connectivity index (χ0) is 28.9. The van der Waals surface area contributed by atoms with Gasteiger partial charge in [0.05, 0.1) is 31.2 Å². The molecule has 11 heteroatoms. The zero-order valence-corrected chi connectivity index (χ0v) is 25.1. The van der Waals surface area contributed by atoms with Crippen molar-refractivity contribution >= 4 is 46.6 Å². The average Bonchev–Trinajstić information content (AvgIpc) is 3.43. The summed E-state index contributed by atoms with van der Waals surface area (Å²) in [5, 5.41) is 14.5. The Morgan fingerprint density at radius 1 is 1.10 bits per heavy atom. The van der Waals surface area contributed by atoms with Gasteiger partial charge in [0.25, 0.3) is 0 Å². The fourth-order valence-corrected chi connectivity index (χ4v) is 6.14. The highest BCUT2D eigenvalue weighted by Crippen LogP contribution is 2.38. The minimum atomic E-state index is 0.0603. The quantitative estimate of drug-likeness (QED) is 0.216. The molecule has 1 fully saturated rings. The van der Waals surface area contributed by atoms with Crippen molar-refractivity contribution in [1.82, 2.24) is 29.8 Å². The van der Waals surface area contributed by atoms with Crippen LogP contribution in [0.1, 0.15) is 43.7 Å². The molecule has 3 heterocycles. The van der Waals surface area contributed by atoms with E-state index in [9.17, 15) is 4.79 Å². The molecule has 0 unspecified atom stereocenters. The van der Waals surface area contributed by atoms with Crippen LogP contribution in [0.3, 0.4) is 0 Å². The lowest BCUT2D eigenvalue weighted by atomic mass is 9.86. The first kappa shape index (κ1) is 28.7. The third-order valence-electron chi connectivity index (χ3n) is 7.26. The molecule has 1 aliphatic heterocycles. The Labute approximate surface area is 245 Å². The van der Waals surface area contributed by atoms with Gasteiger partial charge in [-0.15, -0.1) is 11.8 Å². The fourth-order valence-electron chi connectivity index (χ4n) is 5.22. The number of amides is 1. The van der Waals surface area contributed by atoms with Crippen molar-refractivity contribution < 1.29 is 9.53 Å². The summed E-state index contributed by atoms with van der Waals surface area (Å²) in [5.41, 5.74) is 4.90. The van der Waals surface area contributed by atoms with E-state index < -0.39 is 0 Å². The number of methoxy groups -OCH3 is 1. The van der Waals surface area contributed by atoms with Crippen molar-refractivity contribution in [2.75, 3.05) is 44.4 Å². The molecule has 0 spiro atoms. The van der Waals surface area contributed by atoms with Crippen LogP contribution in [-0.2, 0) is 4.79 Å². The number of likely N-dealkylation sites (N-methyl/N-ethyl adjacent to an activating group) is 1. The predicted octanol–water partition coefficient (Wildman–Crippen LogP) is 5.35. The van der Waals surface area contributed by atoms with Crippen molar-refractivity contribution in [3.8, 4) is 5.75 Å². The van der Waals surface area contributed by atoms with Crippen LogP contribution in [-0.4, -0.2) is 69.4 Å². The normalized spacial score (nSPS) is 14.4. The van der Waals surface area contributed by atoms with E-state index in [0.717, 1.165) is 48.0 Å². The highest BCUT2D eigenvalue weighted by Gasteiger charge is 2.24. The number of fused-ring (bicyclic) bond motifs is 1. The number of ether oxygens (including phenoxy) is 1. The standard InChI is InChI=1S/C30H38N8O2S/c1-19(2)41-26-9-7-6-8-23(26)34-30-36-29(35-27-10-13-32-38(27)30)33-24-16-20(3)22(17-25(24)40-5)21-11-14-37(15-12-21)18-28(39)31-4/h6-10,13,16-17,19,21H,11-12,14-15,18H2,1-5H3,(H,31,39)(H2,33,34,35,36). The average molecular weight is 575 g/mol. The van der Waals surface area contributed by atoms with Gasteiger partial charge in [0.1, 0.15) is 5.75 Å². The van der Waals surface area contributed by atoms with Gasteiger partial charge in [-0.1, -0.05) is 26.0 Å². The van der Waals surface area contributed by atoms with Gasteiger partial charge in [-0.25, -0.2) is 0 Å². The Hall–Kier alpha value is -3.83. The number of para-hydroxylation sites is 1. The van der Waals surface area contributed by atoms with Crippen LogP contribution in [0, 0.1) is 6.92 Å². The first-order valence-corrected chi connectivity index (χ1v) is 14.9. The summed E-state index contributed by atoms with van der Waals surface area (Å²) in [4.78, 5) is 24.6. The number of carbonyl (C=O) groups is 1.